The van der Waals surface area contributed by atoms with Gasteiger partial charge in [-0.15, -0.1) is 35.3 Å². The molecule has 0 amide bonds. The number of imidazole rings is 1. The molecule has 0 unspecified atom stereocenters. The number of rotatable bonds is 7. The molecule has 2 aromatic rings. The number of guanidine groups is 1. The van der Waals surface area contributed by atoms with E-state index >= 15 is 0 Å². The molecule has 3 rings (SSSR count). The van der Waals surface area contributed by atoms with Crippen molar-refractivity contribution >= 4 is 41.3 Å². The molecule has 0 saturated heterocycles. The average molecular weight is 502 g/mol. The van der Waals surface area contributed by atoms with Crippen molar-refractivity contribution in [1.82, 2.24) is 24.8 Å². The number of nitrogens with zero attached hydrogens (tertiary/aromatic N) is 5. The van der Waals surface area contributed by atoms with Gasteiger partial charge < -0.3 is 14.8 Å². The SMILES string of the molecule is CN=C(NCCCCn1ccnc1C)N(C)Cc1nc2c(s1)CCCC2.I. The standard InChI is InChI=1S/C19H30N6S.HI/c1-15-21-11-13-25(15)12-7-6-10-22-19(20-2)24(3)14-18-23-16-8-4-5-9-17(16)26-18;/h11,13H,4-10,12,14H2,1-3H3,(H,20,22);1H. The molecule has 0 fully saturated rings. The number of halogens is 1. The monoisotopic (exact) mass is 502 g/mol. The third-order valence-corrected chi connectivity index (χ3v) is 6.01. The molecule has 8 heteroatoms. The summed E-state index contributed by atoms with van der Waals surface area (Å²) in [6.45, 7) is 4.82. The van der Waals surface area contributed by atoms with Crippen LogP contribution in [0.2, 0.25) is 0 Å². The van der Waals surface area contributed by atoms with Gasteiger partial charge in [-0.05, 0) is 45.4 Å². The molecule has 1 aliphatic rings. The Morgan fingerprint density at radius 1 is 1.33 bits per heavy atom. The van der Waals surface area contributed by atoms with Crippen molar-refractivity contribution in [3.63, 3.8) is 0 Å². The van der Waals surface area contributed by atoms with Crippen LogP contribution in [0.15, 0.2) is 17.4 Å². The molecule has 0 aliphatic heterocycles. The lowest BCUT2D eigenvalue weighted by Crippen LogP contribution is -2.38. The largest absolute Gasteiger partial charge is 0.356 e. The molecule has 6 nitrogen and oxygen atoms in total. The zero-order valence-electron chi connectivity index (χ0n) is 16.6. The molecular weight excluding hydrogens is 471 g/mol. The van der Waals surface area contributed by atoms with Gasteiger partial charge in [-0.25, -0.2) is 9.97 Å². The molecule has 0 spiro atoms. The van der Waals surface area contributed by atoms with E-state index in [-0.39, 0.29) is 24.0 Å². The van der Waals surface area contributed by atoms with Gasteiger partial charge >= 0.3 is 0 Å². The molecule has 0 atom stereocenters. The fourth-order valence-corrected chi connectivity index (χ4v) is 4.59. The highest BCUT2D eigenvalue weighted by Gasteiger charge is 2.16. The predicted molar refractivity (Wildman–Crippen MR) is 123 cm³/mol. The summed E-state index contributed by atoms with van der Waals surface area (Å²) in [4.78, 5) is 17.2. The van der Waals surface area contributed by atoms with Crippen molar-refractivity contribution in [2.75, 3.05) is 20.6 Å². The molecule has 0 saturated carbocycles. The van der Waals surface area contributed by atoms with Crippen LogP contribution in [0.4, 0.5) is 0 Å². The minimum atomic E-state index is 0. The summed E-state index contributed by atoms with van der Waals surface area (Å²) >= 11 is 1.88. The molecule has 27 heavy (non-hydrogen) atoms. The summed E-state index contributed by atoms with van der Waals surface area (Å²) in [6, 6.07) is 0. The van der Waals surface area contributed by atoms with Gasteiger partial charge in [0.15, 0.2) is 5.96 Å². The fraction of sp³-hybridized carbons (Fsp3) is 0.632. The maximum atomic E-state index is 4.84. The summed E-state index contributed by atoms with van der Waals surface area (Å²) in [5, 5.41) is 4.68. The maximum Gasteiger partial charge on any atom is 0.193 e. The zero-order valence-corrected chi connectivity index (χ0v) is 19.7. The number of hydrogen-bond donors (Lipinski definition) is 1. The van der Waals surface area contributed by atoms with Crippen LogP contribution in [0.5, 0.6) is 0 Å². The Balaban J connectivity index is 0.00000261. The van der Waals surface area contributed by atoms with Crippen molar-refractivity contribution in [3.8, 4) is 0 Å². The molecule has 0 bridgehead atoms. The number of fused-ring (bicyclic) bond motifs is 1. The number of aliphatic imine (C=N–C) groups is 1. The van der Waals surface area contributed by atoms with Crippen LogP contribution in [0.25, 0.3) is 0 Å². The van der Waals surface area contributed by atoms with Gasteiger partial charge in [0.1, 0.15) is 10.8 Å². The Morgan fingerprint density at radius 2 is 2.15 bits per heavy atom. The number of hydrogen-bond acceptors (Lipinski definition) is 4. The Kier molecular flexibility index (Phi) is 9.01. The summed E-state index contributed by atoms with van der Waals surface area (Å²) < 4.78 is 2.20. The van der Waals surface area contributed by atoms with Crippen LogP contribution < -0.4 is 5.32 Å². The third-order valence-electron chi connectivity index (χ3n) is 4.87. The fourth-order valence-electron chi connectivity index (χ4n) is 3.38. The van der Waals surface area contributed by atoms with E-state index in [0.717, 1.165) is 50.7 Å². The van der Waals surface area contributed by atoms with Crippen LogP contribution in [0, 0.1) is 6.92 Å². The lowest BCUT2D eigenvalue weighted by atomic mass is 10.0. The zero-order chi connectivity index (χ0) is 18.4. The minimum absolute atomic E-state index is 0. The number of thiazole rings is 1. The number of unbranched alkanes of at least 4 members (excludes halogenated alkanes) is 1. The second-order valence-corrected chi connectivity index (χ2v) is 8.06. The van der Waals surface area contributed by atoms with Crippen molar-refractivity contribution in [1.29, 1.82) is 0 Å². The first kappa shape index (κ1) is 22.1. The van der Waals surface area contributed by atoms with Gasteiger partial charge in [-0.3, -0.25) is 4.99 Å². The number of nitrogens with one attached hydrogen (secondary N) is 1. The Bertz CT molecular complexity index is 715. The second-order valence-electron chi connectivity index (χ2n) is 6.89. The Morgan fingerprint density at radius 3 is 2.85 bits per heavy atom. The smallest absolute Gasteiger partial charge is 0.193 e. The highest BCUT2D eigenvalue weighted by atomic mass is 127. The van der Waals surface area contributed by atoms with Crippen LogP contribution in [-0.2, 0) is 25.9 Å². The lowest BCUT2D eigenvalue weighted by Gasteiger charge is -2.21. The predicted octanol–water partition coefficient (Wildman–Crippen LogP) is 3.63. The van der Waals surface area contributed by atoms with Gasteiger partial charge in [0.25, 0.3) is 0 Å². The molecule has 150 valence electrons. The number of aromatic nitrogens is 3. The third kappa shape index (κ3) is 6.17. The van der Waals surface area contributed by atoms with E-state index in [4.69, 9.17) is 4.98 Å². The number of aryl methyl sites for hydroxylation is 4. The average Bonchev–Trinajstić information content (AvgIpc) is 3.23. The Hall–Kier alpha value is -1.16. The summed E-state index contributed by atoms with van der Waals surface area (Å²) in [5.74, 6) is 2.02. The summed E-state index contributed by atoms with van der Waals surface area (Å²) in [5.41, 5.74) is 1.34. The van der Waals surface area contributed by atoms with E-state index in [2.05, 4.69) is 31.8 Å². The molecule has 0 radical (unpaired) electrons. The second kappa shape index (κ2) is 11.0. The van der Waals surface area contributed by atoms with Gasteiger partial charge in [-0.2, -0.15) is 0 Å². The quantitative estimate of drug-likeness (QED) is 0.272. The summed E-state index contributed by atoms with van der Waals surface area (Å²) in [7, 11) is 3.94. The van der Waals surface area contributed by atoms with Crippen molar-refractivity contribution in [3.05, 3.63) is 33.8 Å². The van der Waals surface area contributed by atoms with Crippen LogP contribution in [0.3, 0.4) is 0 Å². The Labute approximate surface area is 183 Å². The topological polar surface area (TPSA) is 58.3 Å². The molecule has 1 aliphatic carbocycles. The van der Waals surface area contributed by atoms with Gasteiger partial charge in [0.05, 0.1) is 12.2 Å². The van der Waals surface area contributed by atoms with E-state index in [1.807, 2.05) is 37.7 Å². The lowest BCUT2D eigenvalue weighted by molar-refractivity contribution is 0.471. The van der Waals surface area contributed by atoms with E-state index in [9.17, 15) is 0 Å². The van der Waals surface area contributed by atoms with Gasteiger partial charge in [0, 0.05) is 44.5 Å². The van der Waals surface area contributed by atoms with E-state index in [1.54, 1.807) is 0 Å². The van der Waals surface area contributed by atoms with E-state index < -0.39 is 0 Å². The van der Waals surface area contributed by atoms with Gasteiger partial charge in [-0.1, -0.05) is 0 Å². The van der Waals surface area contributed by atoms with Crippen LogP contribution >= 0.6 is 35.3 Å². The van der Waals surface area contributed by atoms with Crippen molar-refractivity contribution in [2.45, 2.75) is 58.5 Å². The van der Waals surface area contributed by atoms with Crippen LogP contribution in [-0.4, -0.2) is 46.0 Å². The first-order valence-corrected chi connectivity index (χ1v) is 10.4. The molecule has 1 N–H and O–H groups in total. The first-order chi connectivity index (χ1) is 12.7. The minimum Gasteiger partial charge on any atom is -0.356 e. The molecule has 2 aromatic heterocycles. The van der Waals surface area contributed by atoms with Crippen molar-refractivity contribution in [2.24, 2.45) is 4.99 Å². The molecule has 0 aromatic carbocycles. The van der Waals surface area contributed by atoms with Crippen LogP contribution in [0.1, 0.15) is 47.1 Å². The highest BCUT2D eigenvalue weighted by molar-refractivity contribution is 14.0. The summed E-state index contributed by atoms with van der Waals surface area (Å²) in [6.07, 6.45) is 11.1. The molecule has 2 heterocycles. The van der Waals surface area contributed by atoms with E-state index in [1.165, 1.54) is 34.8 Å². The van der Waals surface area contributed by atoms with Gasteiger partial charge in [0.2, 0.25) is 0 Å². The van der Waals surface area contributed by atoms with E-state index in [0.29, 0.717) is 0 Å². The normalized spacial score (nSPS) is 13.8. The maximum absolute atomic E-state index is 4.84. The van der Waals surface area contributed by atoms with Crippen molar-refractivity contribution < 1.29 is 0 Å². The first-order valence-electron chi connectivity index (χ1n) is 9.54. The highest BCUT2D eigenvalue weighted by Crippen LogP contribution is 2.27. The molecular formula is C19H31IN6S.